The second kappa shape index (κ2) is 4.82. The lowest BCUT2D eigenvalue weighted by Crippen LogP contribution is -2.10. The molecule has 0 N–H and O–H groups in total. The SMILES string of the molecule is CCOc1ccccc1C(=O)c1nccn1C. The lowest BCUT2D eigenvalue weighted by atomic mass is 10.1. The zero-order valence-electron chi connectivity index (χ0n) is 9.88. The summed E-state index contributed by atoms with van der Waals surface area (Å²) in [5.74, 6) is 0.890. The van der Waals surface area contributed by atoms with E-state index in [-0.39, 0.29) is 5.78 Å². The Kier molecular flexibility index (Phi) is 3.23. The van der Waals surface area contributed by atoms with Crippen LogP contribution in [0, 0.1) is 0 Å². The van der Waals surface area contributed by atoms with Gasteiger partial charge in [-0.25, -0.2) is 4.98 Å². The summed E-state index contributed by atoms with van der Waals surface area (Å²) in [6.07, 6.45) is 3.35. The van der Waals surface area contributed by atoms with Gasteiger partial charge < -0.3 is 9.30 Å². The number of carbonyl (C=O) groups excluding carboxylic acids is 1. The number of para-hydroxylation sites is 1. The minimum Gasteiger partial charge on any atom is -0.493 e. The van der Waals surface area contributed by atoms with E-state index in [0.717, 1.165) is 0 Å². The maximum atomic E-state index is 12.3. The van der Waals surface area contributed by atoms with Crippen LogP contribution in [0.1, 0.15) is 23.1 Å². The van der Waals surface area contributed by atoms with Crippen molar-refractivity contribution in [3.05, 3.63) is 48.0 Å². The summed E-state index contributed by atoms with van der Waals surface area (Å²) in [4.78, 5) is 16.3. The van der Waals surface area contributed by atoms with Crippen molar-refractivity contribution >= 4 is 5.78 Å². The van der Waals surface area contributed by atoms with E-state index in [9.17, 15) is 4.79 Å². The lowest BCUT2D eigenvalue weighted by Gasteiger charge is -2.08. The number of ketones is 1. The third kappa shape index (κ3) is 2.20. The first kappa shape index (κ1) is 11.4. The minimum atomic E-state index is -0.124. The van der Waals surface area contributed by atoms with Crippen molar-refractivity contribution in [1.29, 1.82) is 0 Å². The molecule has 0 fully saturated rings. The second-order valence-electron chi connectivity index (χ2n) is 3.62. The molecule has 0 saturated carbocycles. The monoisotopic (exact) mass is 230 g/mol. The number of benzene rings is 1. The van der Waals surface area contributed by atoms with E-state index in [0.29, 0.717) is 23.7 Å². The number of aromatic nitrogens is 2. The van der Waals surface area contributed by atoms with Crippen LogP contribution in [0.5, 0.6) is 5.75 Å². The molecule has 1 aromatic heterocycles. The molecule has 4 nitrogen and oxygen atoms in total. The largest absolute Gasteiger partial charge is 0.493 e. The molecule has 0 atom stereocenters. The smallest absolute Gasteiger partial charge is 0.232 e. The number of hydrogen-bond donors (Lipinski definition) is 0. The zero-order chi connectivity index (χ0) is 12.3. The molecule has 0 aliphatic heterocycles. The summed E-state index contributed by atoms with van der Waals surface area (Å²) in [7, 11) is 1.80. The number of rotatable bonds is 4. The number of hydrogen-bond acceptors (Lipinski definition) is 3. The van der Waals surface area contributed by atoms with Crippen LogP contribution in [0.2, 0.25) is 0 Å². The van der Waals surface area contributed by atoms with Crippen molar-refractivity contribution in [3.63, 3.8) is 0 Å². The van der Waals surface area contributed by atoms with Crippen LogP contribution in [-0.4, -0.2) is 21.9 Å². The molecular formula is C13H14N2O2. The Morgan fingerprint density at radius 1 is 1.41 bits per heavy atom. The minimum absolute atomic E-state index is 0.124. The normalized spacial score (nSPS) is 10.2. The van der Waals surface area contributed by atoms with Crippen molar-refractivity contribution in [3.8, 4) is 5.75 Å². The number of aryl methyl sites for hydroxylation is 1. The zero-order valence-corrected chi connectivity index (χ0v) is 9.88. The Hall–Kier alpha value is -2.10. The van der Waals surface area contributed by atoms with E-state index >= 15 is 0 Å². The number of ether oxygens (including phenoxy) is 1. The molecular weight excluding hydrogens is 216 g/mol. The molecule has 0 aliphatic rings. The van der Waals surface area contributed by atoms with E-state index in [2.05, 4.69) is 4.98 Å². The summed E-state index contributed by atoms with van der Waals surface area (Å²) in [5.41, 5.74) is 0.545. The molecule has 0 aliphatic carbocycles. The van der Waals surface area contributed by atoms with Gasteiger partial charge in [-0.3, -0.25) is 4.79 Å². The van der Waals surface area contributed by atoms with E-state index in [1.807, 2.05) is 19.1 Å². The summed E-state index contributed by atoms with van der Waals surface area (Å²) < 4.78 is 7.14. The van der Waals surface area contributed by atoms with Gasteiger partial charge in [0.25, 0.3) is 0 Å². The van der Waals surface area contributed by atoms with Crippen molar-refractivity contribution in [2.24, 2.45) is 7.05 Å². The highest BCUT2D eigenvalue weighted by Gasteiger charge is 2.17. The molecule has 2 rings (SSSR count). The van der Waals surface area contributed by atoms with Crippen LogP contribution in [0.4, 0.5) is 0 Å². The third-order valence-corrected chi connectivity index (χ3v) is 2.46. The first-order valence-corrected chi connectivity index (χ1v) is 5.48. The van der Waals surface area contributed by atoms with Crippen LogP contribution >= 0.6 is 0 Å². The van der Waals surface area contributed by atoms with Crippen LogP contribution < -0.4 is 4.74 Å². The van der Waals surface area contributed by atoms with E-state index in [1.165, 1.54) is 0 Å². The third-order valence-electron chi connectivity index (χ3n) is 2.46. The van der Waals surface area contributed by atoms with Gasteiger partial charge in [0.15, 0.2) is 5.82 Å². The molecule has 0 spiro atoms. The molecule has 0 amide bonds. The standard InChI is InChI=1S/C13H14N2O2/c1-3-17-11-7-5-4-6-10(11)12(16)13-14-8-9-15(13)2/h4-9H,3H2,1-2H3. The summed E-state index contributed by atoms with van der Waals surface area (Å²) in [6.45, 7) is 2.42. The Morgan fingerprint density at radius 3 is 2.82 bits per heavy atom. The molecule has 0 saturated heterocycles. The van der Waals surface area contributed by atoms with Crippen LogP contribution in [0.25, 0.3) is 0 Å². The highest BCUT2D eigenvalue weighted by atomic mass is 16.5. The van der Waals surface area contributed by atoms with E-state index < -0.39 is 0 Å². The first-order chi connectivity index (χ1) is 8.24. The number of carbonyl (C=O) groups is 1. The van der Waals surface area contributed by atoms with Crippen molar-refractivity contribution in [2.45, 2.75) is 6.92 Å². The number of nitrogens with zero attached hydrogens (tertiary/aromatic N) is 2. The molecule has 88 valence electrons. The Bertz CT molecular complexity index is 532. The topological polar surface area (TPSA) is 44.1 Å². The molecule has 17 heavy (non-hydrogen) atoms. The van der Waals surface area contributed by atoms with Gasteiger partial charge in [-0.2, -0.15) is 0 Å². The summed E-state index contributed by atoms with van der Waals surface area (Å²) >= 11 is 0. The second-order valence-corrected chi connectivity index (χ2v) is 3.62. The molecule has 2 aromatic rings. The van der Waals surface area contributed by atoms with Crippen molar-refractivity contribution in [1.82, 2.24) is 9.55 Å². The highest BCUT2D eigenvalue weighted by molar-refractivity contribution is 6.08. The fraction of sp³-hybridized carbons (Fsp3) is 0.231. The van der Waals surface area contributed by atoms with E-state index in [4.69, 9.17) is 4.74 Å². The molecule has 0 radical (unpaired) electrons. The number of imidazole rings is 1. The predicted molar refractivity (Wildman–Crippen MR) is 64.3 cm³/mol. The Balaban J connectivity index is 2.40. The van der Waals surface area contributed by atoms with Crippen molar-refractivity contribution < 1.29 is 9.53 Å². The van der Waals surface area contributed by atoms with Crippen LogP contribution in [0.15, 0.2) is 36.7 Å². The lowest BCUT2D eigenvalue weighted by molar-refractivity contribution is 0.102. The van der Waals surface area contributed by atoms with Gasteiger partial charge in [-0.05, 0) is 19.1 Å². The predicted octanol–water partition coefficient (Wildman–Crippen LogP) is 2.05. The van der Waals surface area contributed by atoms with Crippen LogP contribution in [0.3, 0.4) is 0 Å². The van der Waals surface area contributed by atoms with Gasteiger partial charge >= 0.3 is 0 Å². The van der Waals surface area contributed by atoms with Gasteiger partial charge in [-0.15, -0.1) is 0 Å². The summed E-state index contributed by atoms with van der Waals surface area (Å²) in [5, 5.41) is 0. The van der Waals surface area contributed by atoms with Gasteiger partial charge in [0, 0.05) is 19.4 Å². The van der Waals surface area contributed by atoms with Gasteiger partial charge in [-0.1, -0.05) is 12.1 Å². The van der Waals surface area contributed by atoms with Crippen molar-refractivity contribution in [2.75, 3.05) is 6.61 Å². The van der Waals surface area contributed by atoms with Crippen LogP contribution in [-0.2, 0) is 7.05 Å². The Morgan fingerprint density at radius 2 is 2.18 bits per heavy atom. The maximum Gasteiger partial charge on any atom is 0.232 e. The fourth-order valence-electron chi connectivity index (χ4n) is 1.64. The van der Waals surface area contributed by atoms with Gasteiger partial charge in [0.2, 0.25) is 5.78 Å². The fourth-order valence-corrected chi connectivity index (χ4v) is 1.64. The Labute approximate surface area is 99.9 Å². The highest BCUT2D eigenvalue weighted by Crippen LogP contribution is 2.20. The molecule has 4 heteroatoms. The average Bonchev–Trinajstić information content (AvgIpc) is 2.76. The van der Waals surface area contributed by atoms with Gasteiger partial charge in [0.05, 0.1) is 12.2 Å². The van der Waals surface area contributed by atoms with Gasteiger partial charge in [0.1, 0.15) is 5.75 Å². The molecule has 1 aromatic carbocycles. The molecule has 0 unspecified atom stereocenters. The van der Waals surface area contributed by atoms with E-state index in [1.54, 1.807) is 36.1 Å². The quantitative estimate of drug-likeness (QED) is 0.755. The average molecular weight is 230 g/mol. The molecule has 0 bridgehead atoms. The summed E-state index contributed by atoms with van der Waals surface area (Å²) in [6, 6.07) is 7.21. The molecule has 1 heterocycles. The maximum absolute atomic E-state index is 12.3. The first-order valence-electron chi connectivity index (χ1n) is 5.48.